The third-order valence-corrected chi connectivity index (χ3v) is 3.05. The highest BCUT2D eigenvalue weighted by Gasteiger charge is 2.26. The predicted molar refractivity (Wildman–Crippen MR) is 77.5 cm³/mol. The normalized spacial score (nSPS) is 11.0. The van der Waals surface area contributed by atoms with Crippen molar-refractivity contribution < 1.29 is 27.1 Å². The van der Waals surface area contributed by atoms with Gasteiger partial charge in [-0.25, -0.2) is 8.78 Å². The van der Waals surface area contributed by atoms with Crippen molar-refractivity contribution in [2.75, 3.05) is 0 Å². The number of hydrogen-bond acceptors (Lipinski definition) is 2. The van der Waals surface area contributed by atoms with E-state index in [-0.39, 0.29) is 17.1 Å². The molecule has 0 saturated carbocycles. The molecule has 0 radical (unpaired) electrons. The van der Waals surface area contributed by atoms with Gasteiger partial charge in [0.2, 0.25) is 17.4 Å². The van der Waals surface area contributed by atoms with Crippen molar-refractivity contribution in [2.24, 2.45) is 0 Å². The second-order valence-electron chi connectivity index (χ2n) is 4.68. The molecule has 0 unspecified atom stereocenters. The smallest absolute Gasteiger partial charge is 0.205 e. The maximum absolute atomic E-state index is 14.0. The number of benzene rings is 2. The summed E-state index contributed by atoms with van der Waals surface area (Å²) in [7, 11) is 0. The van der Waals surface area contributed by atoms with Gasteiger partial charge >= 0.3 is 0 Å². The van der Waals surface area contributed by atoms with E-state index in [0.29, 0.717) is 0 Å². The van der Waals surface area contributed by atoms with Crippen LogP contribution in [-0.4, -0.2) is 5.78 Å². The highest BCUT2D eigenvalue weighted by molar-refractivity contribution is 5.94. The first-order chi connectivity index (χ1) is 10.9. The molecule has 2 aromatic carbocycles. The zero-order valence-corrected chi connectivity index (χ0v) is 12.3. The van der Waals surface area contributed by atoms with Crippen LogP contribution in [0.1, 0.15) is 29.8 Å². The average Bonchev–Trinajstić information content (AvgIpc) is 2.54. The predicted octanol–water partition coefficient (Wildman–Crippen LogP) is 5.27. The molecule has 120 valence electrons. The molecule has 0 bridgehead atoms. The fraction of sp³-hybridized carbons (Fsp3) is 0.118. The average molecular weight is 324 g/mol. The summed E-state index contributed by atoms with van der Waals surface area (Å²) in [5.74, 6) is -8.02. The summed E-state index contributed by atoms with van der Waals surface area (Å²) in [6.45, 7) is 2.75. The lowest BCUT2D eigenvalue weighted by Gasteiger charge is -2.11. The van der Waals surface area contributed by atoms with Gasteiger partial charge in [-0.2, -0.15) is 8.78 Å². The summed E-state index contributed by atoms with van der Waals surface area (Å²) in [5, 5.41) is 0. The molecular weight excluding hydrogens is 312 g/mol. The van der Waals surface area contributed by atoms with Crippen LogP contribution in [0.3, 0.4) is 0 Å². The van der Waals surface area contributed by atoms with E-state index in [9.17, 15) is 22.4 Å². The molecular formula is C17H12F4O2. The Kier molecular flexibility index (Phi) is 4.83. The Morgan fingerprint density at radius 3 is 2.17 bits per heavy atom. The summed E-state index contributed by atoms with van der Waals surface area (Å²) in [4.78, 5) is 11.3. The number of hydrogen-bond donors (Lipinski definition) is 0. The summed E-state index contributed by atoms with van der Waals surface area (Å²) in [6, 6.07) is 5.42. The Labute approximate surface area is 130 Å². The van der Waals surface area contributed by atoms with Crippen molar-refractivity contribution in [3.05, 3.63) is 64.7 Å². The van der Waals surface area contributed by atoms with Gasteiger partial charge in [0.05, 0.1) is 5.56 Å². The second-order valence-corrected chi connectivity index (χ2v) is 4.68. The minimum absolute atomic E-state index is 0.118. The highest BCUT2D eigenvalue weighted by atomic mass is 19.2. The van der Waals surface area contributed by atoms with Crippen molar-refractivity contribution in [3.8, 4) is 11.5 Å². The Morgan fingerprint density at radius 2 is 1.65 bits per heavy atom. The molecule has 2 nitrogen and oxygen atoms in total. The Bertz CT molecular complexity index is 768. The lowest BCUT2D eigenvalue weighted by molar-refractivity contribution is 0.101. The zero-order valence-electron chi connectivity index (χ0n) is 12.3. The van der Waals surface area contributed by atoms with Crippen molar-refractivity contribution in [1.82, 2.24) is 0 Å². The van der Waals surface area contributed by atoms with Gasteiger partial charge in [0.15, 0.2) is 17.4 Å². The maximum atomic E-state index is 14.0. The van der Waals surface area contributed by atoms with Crippen LogP contribution in [0.15, 0.2) is 30.3 Å². The molecule has 23 heavy (non-hydrogen) atoms. The molecule has 0 saturated heterocycles. The lowest BCUT2D eigenvalue weighted by atomic mass is 10.1. The van der Waals surface area contributed by atoms with E-state index in [1.807, 2.05) is 0 Å². The van der Waals surface area contributed by atoms with Gasteiger partial charge < -0.3 is 4.74 Å². The summed E-state index contributed by atoms with van der Waals surface area (Å²) < 4.78 is 60.5. The van der Waals surface area contributed by atoms with E-state index < -0.39 is 34.6 Å². The number of allylic oxidation sites excluding steroid dienone is 1. The topological polar surface area (TPSA) is 26.3 Å². The van der Waals surface area contributed by atoms with E-state index in [4.69, 9.17) is 4.74 Å². The molecule has 6 heteroatoms. The number of carbonyl (C=O) groups is 1. The Morgan fingerprint density at radius 1 is 1.04 bits per heavy atom. The molecule has 2 aromatic rings. The van der Waals surface area contributed by atoms with Crippen molar-refractivity contribution >= 4 is 11.9 Å². The van der Waals surface area contributed by atoms with Gasteiger partial charge in [0.25, 0.3) is 0 Å². The third kappa shape index (κ3) is 3.26. The molecule has 0 fully saturated rings. The minimum atomic E-state index is -1.65. The number of ketones is 1. The molecule has 0 aromatic heterocycles. The van der Waals surface area contributed by atoms with Gasteiger partial charge in [-0.05, 0) is 26.0 Å². The van der Waals surface area contributed by atoms with Gasteiger partial charge in [-0.1, -0.05) is 24.3 Å². The second kappa shape index (κ2) is 6.64. The number of rotatable bonds is 4. The number of ether oxygens (including phenoxy) is 1. The van der Waals surface area contributed by atoms with E-state index >= 15 is 0 Å². The van der Waals surface area contributed by atoms with Crippen LogP contribution in [0.25, 0.3) is 6.08 Å². The number of Topliss-reactive ketones (excluding diaryl/α,β-unsaturated/α-hetero) is 1. The lowest BCUT2D eigenvalue weighted by Crippen LogP contribution is -2.04. The Balaban J connectivity index is 2.53. The van der Waals surface area contributed by atoms with E-state index in [1.54, 1.807) is 0 Å². The zero-order chi connectivity index (χ0) is 17.1. The third-order valence-electron chi connectivity index (χ3n) is 3.05. The number of carbonyl (C=O) groups excluding carboxylic acids is 1. The molecule has 0 aliphatic carbocycles. The maximum Gasteiger partial charge on any atom is 0.205 e. The van der Waals surface area contributed by atoms with Crippen LogP contribution in [0, 0.1) is 23.3 Å². The monoisotopic (exact) mass is 324 g/mol. The van der Waals surface area contributed by atoms with E-state index in [2.05, 4.69) is 0 Å². The fourth-order valence-corrected chi connectivity index (χ4v) is 1.93. The van der Waals surface area contributed by atoms with Crippen LogP contribution >= 0.6 is 0 Å². The van der Waals surface area contributed by atoms with Crippen LogP contribution < -0.4 is 4.74 Å². The number of halogens is 4. The molecule has 0 aliphatic rings. The first-order valence-electron chi connectivity index (χ1n) is 6.64. The Hall–Kier alpha value is -2.63. The van der Waals surface area contributed by atoms with Crippen LogP contribution in [0.4, 0.5) is 17.6 Å². The molecule has 0 aliphatic heterocycles. The summed E-state index contributed by atoms with van der Waals surface area (Å²) >= 11 is 0. The summed E-state index contributed by atoms with van der Waals surface area (Å²) in [6.07, 6.45) is 2.16. The fourth-order valence-electron chi connectivity index (χ4n) is 1.93. The van der Waals surface area contributed by atoms with E-state index in [1.165, 1.54) is 44.2 Å². The van der Waals surface area contributed by atoms with Crippen LogP contribution in [0.2, 0.25) is 0 Å². The first kappa shape index (κ1) is 16.7. The highest BCUT2D eigenvalue weighted by Crippen LogP contribution is 2.34. The molecule has 0 N–H and O–H groups in total. The van der Waals surface area contributed by atoms with Crippen LogP contribution in [0.5, 0.6) is 11.5 Å². The largest absolute Gasteiger partial charge is 0.451 e. The first-order valence-corrected chi connectivity index (χ1v) is 6.64. The van der Waals surface area contributed by atoms with Crippen molar-refractivity contribution in [1.29, 1.82) is 0 Å². The molecule has 0 atom stereocenters. The molecule has 0 heterocycles. The van der Waals surface area contributed by atoms with Crippen LogP contribution in [-0.2, 0) is 0 Å². The van der Waals surface area contributed by atoms with E-state index in [0.717, 1.165) is 6.08 Å². The SMILES string of the molecule is CC=Cc1c(F)c(F)c(Oc2cccc(C(C)=O)c2)c(F)c1F. The summed E-state index contributed by atoms with van der Waals surface area (Å²) in [5.41, 5.74) is -0.595. The standard InChI is InChI=1S/C17H12F4O2/c1-3-5-12-13(18)15(20)17(16(21)14(12)19)23-11-7-4-6-10(8-11)9(2)22/h3-8H,1-2H3. The molecule has 2 rings (SSSR count). The quantitative estimate of drug-likeness (QED) is 0.435. The molecule has 0 spiro atoms. The van der Waals surface area contributed by atoms with Crippen molar-refractivity contribution in [2.45, 2.75) is 13.8 Å². The van der Waals surface area contributed by atoms with Crippen molar-refractivity contribution in [3.63, 3.8) is 0 Å². The minimum Gasteiger partial charge on any atom is -0.451 e. The van der Waals surface area contributed by atoms with Gasteiger partial charge in [-0.15, -0.1) is 0 Å². The molecule has 0 amide bonds. The van der Waals surface area contributed by atoms with Gasteiger partial charge in [0, 0.05) is 5.56 Å². The van der Waals surface area contributed by atoms with Gasteiger partial charge in [0.1, 0.15) is 5.75 Å². The van der Waals surface area contributed by atoms with Gasteiger partial charge in [-0.3, -0.25) is 4.79 Å².